The maximum absolute atomic E-state index is 13.6. The van der Waals surface area contributed by atoms with E-state index in [9.17, 15) is 4.79 Å². The number of para-hydroxylation sites is 1. The molecular weight excluding hydrogens is 434 g/mol. The molecule has 0 spiro atoms. The first-order chi connectivity index (χ1) is 17.3. The van der Waals surface area contributed by atoms with Crippen LogP contribution in [0, 0.1) is 0 Å². The predicted octanol–water partition coefficient (Wildman–Crippen LogP) is 4.93. The first-order valence-electron chi connectivity index (χ1n) is 11.9. The number of fused-ring (bicyclic) bond motifs is 2. The Labute approximate surface area is 203 Å². The van der Waals surface area contributed by atoms with Crippen LogP contribution in [0.5, 0.6) is 0 Å². The standard InChI is InChI=1S/C29H25N5O/c35-29(23-12-7-13-24-28(23)31-17-16-30-24)33-18-19-34-25(20-33)27(22-10-5-2-6-11-22)32-26(34)15-14-21-8-3-1-4-9-21/h1-13,16-17H,14-15,18-20H2. The lowest BCUT2D eigenvalue weighted by Gasteiger charge is -2.30. The summed E-state index contributed by atoms with van der Waals surface area (Å²) in [5.41, 5.74) is 6.39. The molecule has 1 aliphatic rings. The summed E-state index contributed by atoms with van der Waals surface area (Å²) < 4.78 is 2.32. The normalized spacial score (nSPS) is 13.1. The number of benzene rings is 3. The molecular formula is C29H25N5O. The molecule has 0 saturated heterocycles. The van der Waals surface area contributed by atoms with Gasteiger partial charge in [-0.25, -0.2) is 4.98 Å². The molecule has 5 aromatic rings. The van der Waals surface area contributed by atoms with Crippen molar-refractivity contribution in [2.24, 2.45) is 0 Å². The summed E-state index contributed by atoms with van der Waals surface area (Å²) in [5.74, 6) is 1.05. The van der Waals surface area contributed by atoms with Crippen LogP contribution in [0.25, 0.3) is 22.3 Å². The lowest BCUT2D eigenvalue weighted by atomic mass is 10.1. The number of imidazole rings is 1. The van der Waals surface area contributed by atoms with Gasteiger partial charge in [0.1, 0.15) is 11.3 Å². The van der Waals surface area contributed by atoms with Crippen LogP contribution in [0.4, 0.5) is 0 Å². The summed E-state index contributed by atoms with van der Waals surface area (Å²) in [5, 5.41) is 0. The molecule has 6 nitrogen and oxygen atoms in total. The molecule has 172 valence electrons. The fourth-order valence-corrected chi connectivity index (χ4v) is 4.87. The largest absolute Gasteiger partial charge is 0.331 e. The molecule has 3 heterocycles. The molecule has 35 heavy (non-hydrogen) atoms. The number of hydrogen-bond donors (Lipinski definition) is 0. The molecule has 3 aromatic carbocycles. The molecule has 0 unspecified atom stereocenters. The van der Waals surface area contributed by atoms with E-state index < -0.39 is 0 Å². The fourth-order valence-electron chi connectivity index (χ4n) is 4.87. The summed E-state index contributed by atoms with van der Waals surface area (Å²) in [7, 11) is 0. The van der Waals surface area contributed by atoms with Crippen molar-refractivity contribution in [1.29, 1.82) is 0 Å². The monoisotopic (exact) mass is 459 g/mol. The van der Waals surface area contributed by atoms with E-state index in [4.69, 9.17) is 4.98 Å². The van der Waals surface area contributed by atoms with E-state index in [-0.39, 0.29) is 5.91 Å². The zero-order valence-electron chi connectivity index (χ0n) is 19.3. The first-order valence-corrected chi connectivity index (χ1v) is 11.9. The van der Waals surface area contributed by atoms with Crippen LogP contribution in [-0.4, -0.2) is 36.9 Å². The summed E-state index contributed by atoms with van der Waals surface area (Å²) in [6.07, 6.45) is 5.08. The minimum atomic E-state index is -0.0200. The molecule has 6 rings (SSSR count). The zero-order valence-corrected chi connectivity index (χ0v) is 19.3. The lowest BCUT2D eigenvalue weighted by molar-refractivity contribution is 0.0712. The molecule has 0 aliphatic carbocycles. The van der Waals surface area contributed by atoms with Gasteiger partial charge >= 0.3 is 0 Å². The third-order valence-electron chi connectivity index (χ3n) is 6.63. The Kier molecular flexibility index (Phi) is 5.54. The number of hydrogen-bond acceptors (Lipinski definition) is 4. The molecule has 2 aromatic heterocycles. The van der Waals surface area contributed by atoms with E-state index in [2.05, 4.69) is 50.9 Å². The van der Waals surface area contributed by atoms with Gasteiger partial charge in [-0.1, -0.05) is 66.7 Å². The zero-order chi connectivity index (χ0) is 23.6. The van der Waals surface area contributed by atoms with Gasteiger partial charge in [-0.15, -0.1) is 0 Å². The Hall–Kier alpha value is -4.32. The minimum Gasteiger partial charge on any atom is -0.331 e. The van der Waals surface area contributed by atoms with E-state index in [0.29, 0.717) is 24.2 Å². The highest BCUT2D eigenvalue weighted by atomic mass is 16.2. The van der Waals surface area contributed by atoms with Crippen molar-refractivity contribution in [1.82, 2.24) is 24.4 Å². The van der Waals surface area contributed by atoms with Crippen molar-refractivity contribution in [2.75, 3.05) is 6.54 Å². The van der Waals surface area contributed by atoms with Crippen LogP contribution in [-0.2, 0) is 25.9 Å². The quantitative estimate of drug-likeness (QED) is 0.374. The molecule has 1 aliphatic heterocycles. The van der Waals surface area contributed by atoms with Gasteiger partial charge in [-0.05, 0) is 24.1 Å². The summed E-state index contributed by atoms with van der Waals surface area (Å²) >= 11 is 0. The topological polar surface area (TPSA) is 63.9 Å². The van der Waals surface area contributed by atoms with E-state index in [1.807, 2.05) is 47.4 Å². The number of carbonyl (C=O) groups is 1. The van der Waals surface area contributed by atoms with Crippen LogP contribution in [0.3, 0.4) is 0 Å². The van der Waals surface area contributed by atoms with Gasteiger partial charge in [0.15, 0.2) is 0 Å². The molecule has 6 heteroatoms. The van der Waals surface area contributed by atoms with Crippen LogP contribution >= 0.6 is 0 Å². The van der Waals surface area contributed by atoms with Gasteiger partial charge in [-0.3, -0.25) is 14.8 Å². The molecule has 1 amide bonds. The van der Waals surface area contributed by atoms with Crippen LogP contribution in [0.15, 0.2) is 91.3 Å². The van der Waals surface area contributed by atoms with Crippen molar-refractivity contribution in [2.45, 2.75) is 25.9 Å². The van der Waals surface area contributed by atoms with Crippen LogP contribution in [0.1, 0.15) is 27.4 Å². The van der Waals surface area contributed by atoms with E-state index in [1.54, 1.807) is 12.4 Å². The highest BCUT2D eigenvalue weighted by Crippen LogP contribution is 2.29. The van der Waals surface area contributed by atoms with Gasteiger partial charge < -0.3 is 9.47 Å². The number of nitrogens with zero attached hydrogens (tertiary/aromatic N) is 5. The van der Waals surface area contributed by atoms with Gasteiger partial charge in [0.05, 0.1) is 29.0 Å². The number of aromatic nitrogens is 4. The maximum atomic E-state index is 13.6. The Morgan fingerprint density at radius 2 is 1.57 bits per heavy atom. The molecule has 0 radical (unpaired) electrons. The molecule has 0 bridgehead atoms. The fraction of sp³-hybridized carbons (Fsp3) is 0.172. The van der Waals surface area contributed by atoms with Crippen molar-refractivity contribution >= 4 is 16.9 Å². The molecule has 0 fully saturated rings. The summed E-state index contributed by atoms with van der Waals surface area (Å²) in [6.45, 7) is 1.87. The highest BCUT2D eigenvalue weighted by molar-refractivity contribution is 6.04. The van der Waals surface area contributed by atoms with Gasteiger partial charge in [0.2, 0.25) is 0 Å². The Bertz CT molecular complexity index is 1490. The molecule has 0 N–H and O–H groups in total. The Balaban J connectivity index is 1.34. The predicted molar refractivity (Wildman–Crippen MR) is 136 cm³/mol. The Morgan fingerprint density at radius 3 is 2.40 bits per heavy atom. The number of carbonyl (C=O) groups excluding carboxylic acids is 1. The van der Waals surface area contributed by atoms with E-state index >= 15 is 0 Å². The van der Waals surface area contributed by atoms with Crippen molar-refractivity contribution in [3.05, 3.63) is 114 Å². The lowest BCUT2D eigenvalue weighted by Crippen LogP contribution is -2.38. The second-order valence-corrected chi connectivity index (χ2v) is 8.78. The Morgan fingerprint density at radius 1 is 0.800 bits per heavy atom. The molecule has 0 atom stereocenters. The second kappa shape index (κ2) is 9.14. The number of rotatable bonds is 5. The van der Waals surface area contributed by atoms with Crippen molar-refractivity contribution in [3.8, 4) is 11.3 Å². The van der Waals surface area contributed by atoms with Crippen molar-refractivity contribution < 1.29 is 4.79 Å². The van der Waals surface area contributed by atoms with Gasteiger partial charge in [0.25, 0.3) is 5.91 Å². The maximum Gasteiger partial charge on any atom is 0.256 e. The molecule has 0 saturated carbocycles. The van der Waals surface area contributed by atoms with E-state index in [1.165, 1.54) is 5.56 Å². The minimum absolute atomic E-state index is 0.0200. The number of aryl methyl sites for hydroxylation is 2. The second-order valence-electron chi connectivity index (χ2n) is 8.78. The van der Waals surface area contributed by atoms with Crippen molar-refractivity contribution in [3.63, 3.8) is 0 Å². The third-order valence-corrected chi connectivity index (χ3v) is 6.63. The average molecular weight is 460 g/mol. The van der Waals surface area contributed by atoms with Gasteiger partial charge in [-0.2, -0.15) is 0 Å². The van der Waals surface area contributed by atoms with Crippen LogP contribution < -0.4 is 0 Å². The van der Waals surface area contributed by atoms with Gasteiger partial charge in [0, 0.05) is 37.5 Å². The average Bonchev–Trinajstić information content (AvgIpc) is 3.30. The number of amides is 1. The highest BCUT2D eigenvalue weighted by Gasteiger charge is 2.28. The SMILES string of the molecule is O=C(c1cccc2nccnc12)N1CCn2c(CCc3ccccc3)nc(-c3ccccc3)c2C1. The third kappa shape index (κ3) is 4.08. The first kappa shape index (κ1) is 21.2. The smallest absolute Gasteiger partial charge is 0.256 e. The summed E-state index contributed by atoms with van der Waals surface area (Å²) in [6, 6.07) is 26.4. The van der Waals surface area contributed by atoms with E-state index in [0.717, 1.165) is 47.7 Å². The van der Waals surface area contributed by atoms with Crippen LogP contribution in [0.2, 0.25) is 0 Å². The summed E-state index contributed by atoms with van der Waals surface area (Å²) in [4.78, 5) is 29.4.